The highest BCUT2D eigenvalue weighted by Crippen LogP contribution is 2.53. The average Bonchev–Trinajstić information content (AvgIpc) is 3.06. The van der Waals surface area contributed by atoms with Crippen LogP contribution in [0.5, 0.6) is 0 Å². The maximum Gasteiger partial charge on any atom is 0.143 e. The molecule has 1 saturated heterocycles. The van der Waals surface area contributed by atoms with Crippen LogP contribution in [0.4, 0.5) is 10.1 Å². The van der Waals surface area contributed by atoms with Gasteiger partial charge < -0.3 is 4.90 Å². The third-order valence-electron chi connectivity index (χ3n) is 4.25. The third-order valence-corrected chi connectivity index (χ3v) is 5.18. The second kappa shape index (κ2) is 5.64. The summed E-state index contributed by atoms with van der Waals surface area (Å²) in [6, 6.07) is 6.74. The van der Waals surface area contributed by atoms with Crippen molar-refractivity contribution < 1.29 is 4.39 Å². The Hall–Kier alpha value is -1.02. The highest BCUT2D eigenvalue weighted by Gasteiger charge is 2.52. The van der Waals surface area contributed by atoms with Gasteiger partial charge in [0.25, 0.3) is 0 Å². The topological polar surface area (TPSA) is 30.3 Å². The van der Waals surface area contributed by atoms with Gasteiger partial charge in [0, 0.05) is 38.6 Å². The van der Waals surface area contributed by atoms with Crippen LogP contribution < -0.4 is 4.90 Å². The Morgan fingerprint density at radius 1 is 1.29 bits per heavy atom. The van der Waals surface area contributed by atoms with Crippen LogP contribution in [-0.4, -0.2) is 42.0 Å². The molecule has 0 bridgehead atoms. The van der Waals surface area contributed by atoms with Crippen molar-refractivity contribution in [2.45, 2.75) is 10.8 Å². The molecule has 0 unspecified atom stereocenters. The van der Waals surface area contributed by atoms with Gasteiger partial charge in [-0.15, -0.1) is 23.2 Å². The molecule has 112 valence electrons. The predicted octanol–water partition coefficient (Wildman–Crippen LogP) is 3.01. The van der Waals surface area contributed by atoms with Crippen molar-refractivity contribution in [3.8, 4) is 6.07 Å². The van der Waals surface area contributed by atoms with E-state index in [2.05, 4.69) is 9.80 Å². The van der Waals surface area contributed by atoms with Gasteiger partial charge in [0.1, 0.15) is 21.8 Å². The van der Waals surface area contributed by atoms with E-state index in [0.717, 1.165) is 39.1 Å². The van der Waals surface area contributed by atoms with Crippen molar-refractivity contribution in [1.29, 1.82) is 5.26 Å². The molecule has 1 aliphatic heterocycles. The van der Waals surface area contributed by atoms with Crippen LogP contribution in [0.3, 0.4) is 0 Å². The Kier molecular flexibility index (Phi) is 4.00. The molecule has 1 aromatic rings. The molecular weight excluding hydrogens is 312 g/mol. The Morgan fingerprint density at radius 3 is 2.52 bits per heavy atom. The van der Waals surface area contributed by atoms with Gasteiger partial charge in [0.05, 0.1) is 5.69 Å². The highest BCUT2D eigenvalue weighted by molar-refractivity contribution is 6.50. The summed E-state index contributed by atoms with van der Waals surface area (Å²) >= 11 is 12.1. The molecule has 0 amide bonds. The number of halogens is 3. The van der Waals surface area contributed by atoms with Gasteiger partial charge in [-0.3, -0.25) is 4.90 Å². The van der Waals surface area contributed by atoms with Crippen LogP contribution in [0.2, 0.25) is 0 Å². The summed E-state index contributed by atoms with van der Waals surface area (Å²) in [5.41, 5.74) is 0.821. The lowest BCUT2D eigenvalue weighted by atomic mass is 10.1. The largest absolute Gasteiger partial charge is 0.368 e. The molecule has 21 heavy (non-hydrogen) atoms. The second-order valence-electron chi connectivity index (χ2n) is 5.70. The highest BCUT2D eigenvalue weighted by atomic mass is 35.5. The van der Waals surface area contributed by atoms with E-state index in [9.17, 15) is 4.39 Å². The van der Waals surface area contributed by atoms with Gasteiger partial charge in [-0.1, -0.05) is 6.07 Å². The molecule has 1 atom stereocenters. The lowest BCUT2D eigenvalue weighted by Gasteiger charge is -2.36. The number of alkyl halides is 2. The molecule has 0 radical (unpaired) electrons. The minimum Gasteiger partial charge on any atom is -0.368 e. The van der Waals surface area contributed by atoms with Crippen LogP contribution in [0.1, 0.15) is 12.0 Å². The zero-order valence-electron chi connectivity index (χ0n) is 11.5. The normalized spacial score (nSPS) is 24.7. The second-order valence-corrected chi connectivity index (χ2v) is 7.24. The summed E-state index contributed by atoms with van der Waals surface area (Å²) in [6.07, 6.45) is 0.860. The van der Waals surface area contributed by atoms with Crippen LogP contribution >= 0.6 is 23.2 Å². The van der Waals surface area contributed by atoms with E-state index in [1.807, 2.05) is 6.07 Å². The first kappa shape index (κ1) is 14.9. The van der Waals surface area contributed by atoms with Gasteiger partial charge in [0.2, 0.25) is 0 Å². The number of nitriles is 1. The molecule has 3 nitrogen and oxygen atoms in total. The molecule has 1 aromatic carbocycles. The first-order chi connectivity index (χ1) is 10.0. The molecule has 6 heteroatoms. The molecule has 1 saturated carbocycles. The molecule has 1 aliphatic carbocycles. The van der Waals surface area contributed by atoms with Crippen LogP contribution in [-0.2, 0) is 0 Å². The smallest absolute Gasteiger partial charge is 0.143 e. The van der Waals surface area contributed by atoms with Crippen LogP contribution in [0, 0.1) is 23.1 Å². The van der Waals surface area contributed by atoms with Crippen molar-refractivity contribution in [3.63, 3.8) is 0 Å². The van der Waals surface area contributed by atoms with Gasteiger partial charge in [-0.2, -0.15) is 5.26 Å². The van der Waals surface area contributed by atoms with Gasteiger partial charge in [-0.05, 0) is 18.6 Å². The van der Waals surface area contributed by atoms with Crippen LogP contribution in [0.25, 0.3) is 0 Å². The molecule has 0 N–H and O–H groups in total. The Labute approximate surface area is 133 Å². The van der Waals surface area contributed by atoms with E-state index in [0.29, 0.717) is 11.6 Å². The van der Waals surface area contributed by atoms with E-state index in [-0.39, 0.29) is 5.56 Å². The molecule has 0 spiro atoms. The SMILES string of the molecule is N#Cc1c(F)cccc1N1CCN(C[C@H]2CC2(Cl)Cl)CC1. The lowest BCUT2D eigenvalue weighted by molar-refractivity contribution is 0.247. The zero-order valence-corrected chi connectivity index (χ0v) is 13.0. The summed E-state index contributed by atoms with van der Waals surface area (Å²) in [5.74, 6) is -0.0966. The first-order valence-electron chi connectivity index (χ1n) is 7.05. The first-order valence-corrected chi connectivity index (χ1v) is 7.80. The minimum absolute atomic E-state index is 0.133. The molecule has 2 fully saturated rings. The summed E-state index contributed by atoms with van der Waals surface area (Å²) in [5, 5.41) is 9.11. The van der Waals surface area contributed by atoms with E-state index in [1.54, 1.807) is 12.1 Å². The van der Waals surface area contributed by atoms with Gasteiger partial charge in [0.15, 0.2) is 0 Å². The number of piperazine rings is 1. The molecule has 1 heterocycles. The number of nitrogens with zero attached hydrogens (tertiary/aromatic N) is 3. The maximum absolute atomic E-state index is 13.7. The summed E-state index contributed by atoms with van der Waals surface area (Å²) < 4.78 is 13.1. The van der Waals surface area contributed by atoms with Crippen LogP contribution in [0.15, 0.2) is 18.2 Å². The van der Waals surface area contributed by atoms with Crippen molar-refractivity contribution in [2.75, 3.05) is 37.6 Å². The number of benzene rings is 1. The summed E-state index contributed by atoms with van der Waals surface area (Å²) in [4.78, 5) is 4.40. The molecule has 2 aliphatic rings. The van der Waals surface area contributed by atoms with E-state index in [1.165, 1.54) is 6.07 Å². The number of rotatable bonds is 3. The fourth-order valence-corrected chi connectivity index (χ4v) is 3.35. The zero-order chi connectivity index (χ0) is 15.0. The Morgan fingerprint density at radius 2 is 1.95 bits per heavy atom. The van der Waals surface area contributed by atoms with E-state index in [4.69, 9.17) is 28.5 Å². The monoisotopic (exact) mass is 327 g/mol. The Bertz CT molecular complexity index is 577. The fourth-order valence-electron chi connectivity index (χ4n) is 2.84. The van der Waals surface area contributed by atoms with Crippen molar-refractivity contribution in [3.05, 3.63) is 29.6 Å². The van der Waals surface area contributed by atoms with Gasteiger partial charge >= 0.3 is 0 Å². The fraction of sp³-hybridized carbons (Fsp3) is 0.533. The third kappa shape index (κ3) is 3.11. The van der Waals surface area contributed by atoms with E-state index >= 15 is 0 Å². The number of anilines is 1. The summed E-state index contributed by atoms with van der Waals surface area (Å²) in [6.45, 7) is 4.23. The minimum atomic E-state index is -0.534. The lowest BCUT2D eigenvalue weighted by Crippen LogP contribution is -2.47. The van der Waals surface area contributed by atoms with Crippen molar-refractivity contribution >= 4 is 28.9 Å². The average molecular weight is 328 g/mol. The molecular formula is C15H16Cl2FN3. The summed E-state index contributed by atoms with van der Waals surface area (Å²) in [7, 11) is 0. The molecule has 3 rings (SSSR count). The van der Waals surface area contributed by atoms with Crippen molar-refractivity contribution in [1.82, 2.24) is 4.90 Å². The number of hydrogen-bond acceptors (Lipinski definition) is 3. The van der Waals surface area contributed by atoms with Gasteiger partial charge in [-0.25, -0.2) is 4.39 Å². The number of hydrogen-bond donors (Lipinski definition) is 0. The molecule has 0 aromatic heterocycles. The van der Waals surface area contributed by atoms with Crippen molar-refractivity contribution in [2.24, 2.45) is 5.92 Å². The quantitative estimate of drug-likeness (QED) is 0.799. The predicted molar refractivity (Wildman–Crippen MR) is 82.3 cm³/mol. The Balaban J connectivity index is 1.61. The standard InChI is InChI=1S/C15H16Cl2FN3/c16-15(17)8-11(15)10-20-4-6-21(7-5-20)14-3-1-2-13(18)12(14)9-19/h1-3,11H,4-8,10H2/t11-/m1/s1. The van der Waals surface area contributed by atoms with E-state index < -0.39 is 10.2 Å². The maximum atomic E-state index is 13.7.